The molecule has 2 aromatic rings. The molecule has 0 bridgehead atoms. The van der Waals surface area contributed by atoms with E-state index >= 15 is 0 Å². The number of anilines is 1. The third-order valence-electron chi connectivity index (χ3n) is 4.41. The maximum absolute atomic E-state index is 12.8. The Balaban J connectivity index is 1.82. The number of carbonyl (C=O) groups is 1. The highest BCUT2D eigenvalue weighted by atomic mass is 19.3. The summed E-state index contributed by atoms with van der Waals surface area (Å²) in [6.07, 6.45) is 0. The van der Waals surface area contributed by atoms with Gasteiger partial charge >= 0.3 is 6.61 Å². The molecule has 1 saturated heterocycles. The molecule has 1 heterocycles. The van der Waals surface area contributed by atoms with Gasteiger partial charge in [-0.25, -0.2) is 0 Å². The van der Waals surface area contributed by atoms with E-state index in [1.165, 1.54) is 19.2 Å². The summed E-state index contributed by atoms with van der Waals surface area (Å²) in [7, 11) is 1.33. The summed E-state index contributed by atoms with van der Waals surface area (Å²) >= 11 is 0. The molecule has 1 amide bonds. The third-order valence-corrected chi connectivity index (χ3v) is 4.41. The number of morpholine rings is 1. The number of para-hydroxylation sites is 2. The van der Waals surface area contributed by atoms with E-state index in [1.807, 2.05) is 12.1 Å². The Morgan fingerprint density at radius 1 is 1.18 bits per heavy atom. The molecule has 0 atom stereocenters. The number of rotatable bonds is 7. The van der Waals surface area contributed by atoms with Gasteiger partial charge in [-0.2, -0.15) is 8.78 Å². The first-order valence-corrected chi connectivity index (χ1v) is 8.89. The van der Waals surface area contributed by atoms with E-state index < -0.39 is 12.5 Å². The minimum Gasteiger partial charge on any atom is -0.493 e. The summed E-state index contributed by atoms with van der Waals surface area (Å²) in [5.41, 5.74) is 1.52. The van der Waals surface area contributed by atoms with Crippen LogP contribution < -0.4 is 14.8 Å². The number of halogens is 2. The van der Waals surface area contributed by atoms with Gasteiger partial charge in [0.15, 0.2) is 11.5 Å². The van der Waals surface area contributed by atoms with Crippen LogP contribution in [0.25, 0.3) is 0 Å². The van der Waals surface area contributed by atoms with E-state index in [4.69, 9.17) is 9.47 Å². The van der Waals surface area contributed by atoms with Gasteiger partial charge < -0.3 is 19.5 Å². The zero-order chi connectivity index (χ0) is 19.9. The van der Waals surface area contributed by atoms with Crippen molar-refractivity contribution in [1.82, 2.24) is 4.90 Å². The Kier molecular flexibility index (Phi) is 6.78. The smallest absolute Gasteiger partial charge is 0.387 e. The van der Waals surface area contributed by atoms with Crippen molar-refractivity contribution >= 4 is 11.6 Å². The van der Waals surface area contributed by atoms with Crippen LogP contribution in [-0.4, -0.2) is 50.8 Å². The van der Waals surface area contributed by atoms with Crippen molar-refractivity contribution in [3.63, 3.8) is 0 Å². The van der Waals surface area contributed by atoms with Crippen LogP contribution >= 0.6 is 0 Å². The molecule has 0 radical (unpaired) electrons. The number of hydrogen-bond donors (Lipinski definition) is 1. The first-order chi connectivity index (χ1) is 13.6. The topological polar surface area (TPSA) is 60.0 Å². The lowest BCUT2D eigenvalue weighted by Gasteiger charge is -2.27. The second kappa shape index (κ2) is 9.48. The van der Waals surface area contributed by atoms with Crippen molar-refractivity contribution in [1.29, 1.82) is 0 Å². The van der Waals surface area contributed by atoms with Gasteiger partial charge in [0, 0.05) is 25.3 Å². The molecule has 3 rings (SSSR count). The zero-order valence-electron chi connectivity index (χ0n) is 15.5. The number of benzene rings is 2. The van der Waals surface area contributed by atoms with Gasteiger partial charge in [0.1, 0.15) is 0 Å². The van der Waals surface area contributed by atoms with Crippen LogP contribution in [0.4, 0.5) is 14.5 Å². The highest BCUT2D eigenvalue weighted by molar-refractivity contribution is 6.07. The van der Waals surface area contributed by atoms with Gasteiger partial charge in [-0.1, -0.05) is 24.3 Å². The Labute approximate surface area is 162 Å². The van der Waals surface area contributed by atoms with E-state index in [0.717, 1.165) is 18.7 Å². The van der Waals surface area contributed by atoms with Crippen LogP contribution in [0.5, 0.6) is 11.5 Å². The van der Waals surface area contributed by atoms with Crippen molar-refractivity contribution < 1.29 is 27.8 Å². The number of hydrogen-bond acceptors (Lipinski definition) is 5. The van der Waals surface area contributed by atoms with Crippen LogP contribution in [-0.2, 0) is 11.3 Å². The molecule has 0 unspecified atom stereocenters. The molecule has 0 aromatic heterocycles. The number of methoxy groups -OCH3 is 1. The standard InChI is InChI=1S/C20H22F2N2O4/c1-26-17-8-4-6-15(18(17)28-20(21)22)19(25)23-16-7-3-2-5-14(16)13-24-9-11-27-12-10-24/h2-8,20H,9-13H2,1H3,(H,23,25). The first-order valence-electron chi connectivity index (χ1n) is 8.89. The fourth-order valence-electron chi connectivity index (χ4n) is 3.04. The normalized spacial score (nSPS) is 14.7. The number of amides is 1. The van der Waals surface area contributed by atoms with Crippen LogP contribution in [0.15, 0.2) is 42.5 Å². The Bertz CT molecular complexity index is 811. The van der Waals surface area contributed by atoms with Crippen molar-refractivity contribution in [3.05, 3.63) is 53.6 Å². The van der Waals surface area contributed by atoms with Gasteiger partial charge in [0.2, 0.25) is 0 Å². The van der Waals surface area contributed by atoms with Crippen molar-refractivity contribution in [2.75, 3.05) is 38.7 Å². The minimum atomic E-state index is -3.07. The van der Waals surface area contributed by atoms with E-state index in [2.05, 4.69) is 15.0 Å². The number of nitrogens with zero attached hydrogens (tertiary/aromatic N) is 1. The van der Waals surface area contributed by atoms with Gasteiger partial charge in [-0.3, -0.25) is 9.69 Å². The molecule has 0 spiro atoms. The number of carbonyl (C=O) groups excluding carboxylic acids is 1. The fourth-order valence-corrected chi connectivity index (χ4v) is 3.04. The van der Waals surface area contributed by atoms with Crippen molar-refractivity contribution in [3.8, 4) is 11.5 Å². The van der Waals surface area contributed by atoms with Crippen LogP contribution in [0.3, 0.4) is 0 Å². The fraction of sp³-hybridized carbons (Fsp3) is 0.350. The lowest BCUT2D eigenvalue weighted by Crippen LogP contribution is -2.35. The largest absolute Gasteiger partial charge is 0.493 e. The van der Waals surface area contributed by atoms with Crippen molar-refractivity contribution in [2.24, 2.45) is 0 Å². The van der Waals surface area contributed by atoms with E-state index in [-0.39, 0.29) is 17.1 Å². The Hall–Kier alpha value is -2.71. The van der Waals surface area contributed by atoms with Crippen LogP contribution in [0.2, 0.25) is 0 Å². The SMILES string of the molecule is COc1cccc(C(=O)Nc2ccccc2CN2CCOCC2)c1OC(F)F. The number of ether oxygens (including phenoxy) is 3. The maximum Gasteiger partial charge on any atom is 0.387 e. The van der Waals surface area contributed by atoms with Crippen LogP contribution in [0, 0.1) is 0 Å². The molecular formula is C20H22F2N2O4. The molecule has 150 valence electrons. The first kappa shape index (κ1) is 20.0. The van der Waals surface area contributed by atoms with Crippen LogP contribution in [0.1, 0.15) is 15.9 Å². The van der Waals surface area contributed by atoms with E-state index in [9.17, 15) is 13.6 Å². The molecule has 1 N–H and O–H groups in total. The summed E-state index contributed by atoms with van der Waals surface area (Å²) in [6, 6.07) is 11.8. The molecule has 2 aromatic carbocycles. The lowest BCUT2D eigenvalue weighted by atomic mass is 10.1. The summed E-state index contributed by atoms with van der Waals surface area (Å²) in [6.45, 7) is 0.545. The minimum absolute atomic E-state index is 0.0270. The predicted molar refractivity (Wildman–Crippen MR) is 100 cm³/mol. The average Bonchev–Trinajstić information content (AvgIpc) is 2.70. The molecule has 6 nitrogen and oxygen atoms in total. The molecule has 28 heavy (non-hydrogen) atoms. The highest BCUT2D eigenvalue weighted by Gasteiger charge is 2.21. The molecule has 1 aliphatic heterocycles. The monoisotopic (exact) mass is 392 g/mol. The predicted octanol–water partition coefficient (Wildman–Crippen LogP) is 3.38. The Morgan fingerprint density at radius 3 is 2.64 bits per heavy atom. The molecule has 8 heteroatoms. The van der Waals surface area contributed by atoms with E-state index in [0.29, 0.717) is 25.4 Å². The molecule has 1 fully saturated rings. The van der Waals surface area contributed by atoms with Gasteiger partial charge in [0.25, 0.3) is 5.91 Å². The van der Waals surface area contributed by atoms with E-state index in [1.54, 1.807) is 18.2 Å². The van der Waals surface area contributed by atoms with Gasteiger partial charge in [-0.15, -0.1) is 0 Å². The summed E-state index contributed by atoms with van der Waals surface area (Å²) in [5, 5.41) is 2.80. The quantitative estimate of drug-likeness (QED) is 0.783. The lowest BCUT2D eigenvalue weighted by molar-refractivity contribution is -0.0515. The second-order valence-electron chi connectivity index (χ2n) is 6.22. The van der Waals surface area contributed by atoms with Gasteiger partial charge in [0.05, 0.1) is 25.9 Å². The second-order valence-corrected chi connectivity index (χ2v) is 6.22. The molecular weight excluding hydrogens is 370 g/mol. The maximum atomic E-state index is 12.8. The third kappa shape index (κ3) is 4.96. The number of alkyl halides is 2. The zero-order valence-corrected chi connectivity index (χ0v) is 15.5. The summed E-state index contributed by atoms with van der Waals surface area (Å²) in [5.74, 6) is -0.776. The molecule has 0 aliphatic carbocycles. The Morgan fingerprint density at radius 2 is 1.93 bits per heavy atom. The summed E-state index contributed by atoms with van der Waals surface area (Å²) in [4.78, 5) is 15.0. The number of nitrogens with one attached hydrogen (secondary N) is 1. The average molecular weight is 392 g/mol. The van der Waals surface area contributed by atoms with Gasteiger partial charge in [-0.05, 0) is 23.8 Å². The molecule has 0 saturated carbocycles. The molecule has 1 aliphatic rings. The highest BCUT2D eigenvalue weighted by Crippen LogP contribution is 2.33. The van der Waals surface area contributed by atoms with Crippen molar-refractivity contribution in [2.45, 2.75) is 13.2 Å². The summed E-state index contributed by atoms with van der Waals surface area (Å²) < 4.78 is 40.6.